The second-order valence-electron chi connectivity index (χ2n) is 6.39. The smallest absolute Gasteiger partial charge is 0.242 e. The number of aromatic amines is 1. The molecule has 1 aliphatic rings. The van der Waals surface area contributed by atoms with Crippen LogP contribution in [0.25, 0.3) is 11.4 Å². The number of carbonyl (C=O) groups is 1. The highest BCUT2D eigenvalue weighted by Gasteiger charge is 2.27. The van der Waals surface area contributed by atoms with Gasteiger partial charge in [0.2, 0.25) is 11.1 Å². The molecule has 142 valence electrons. The zero-order valence-electron chi connectivity index (χ0n) is 15.3. The summed E-state index contributed by atoms with van der Waals surface area (Å²) in [5.41, 5.74) is 2.80. The Hall–Kier alpha value is -3.03. The van der Waals surface area contributed by atoms with Crippen molar-refractivity contribution in [1.82, 2.24) is 15.2 Å². The molecule has 5 nitrogen and oxygen atoms in total. The molecule has 0 radical (unpaired) electrons. The monoisotopic (exact) mass is 416 g/mol. The highest BCUT2D eigenvalue weighted by atomic mass is 32.2. The largest absolute Gasteiger partial charge is 0.278 e. The standard InChI is InChI=1S/C22H16N4OS2/c27-20(14-28-22-23-21(24-25-22)15-8-2-1-3-9-15)26-16-10-4-6-12-18(16)29-19-13-7-5-11-17(19)26/h1-13H,14H2,(H,23,24,25). The fourth-order valence-electron chi connectivity index (χ4n) is 3.20. The van der Waals surface area contributed by atoms with Crippen LogP contribution in [0.5, 0.6) is 0 Å². The summed E-state index contributed by atoms with van der Waals surface area (Å²) in [6, 6.07) is 25.8. The first-order valence-corrected chi connectivity index (χ1v) is 10.9. The molecule has 0 fully saturated rings. The molecule has 0 saturated carbocycles. The number of nitrogens with zero attached hydrogens (tertiary/aromatic N) is 3. The fraction of sp³-hybridized carbons (Fsp3) is 0.0455. The number of thioether (sulfide) groups is 1. The predicted octanol–water partition coefficient (Wildman–Crippen LogP) is 5.39. The van der Waals surface area contributed by atoms with Crippen LogP contribution in [-0.4, -0.2) is 26.8 Å². The molecule has 0 saturated heterocycles. The molecule has 0 bridgehead atoms. The van der Waals surface area contributed by atoms with Crippen molar-refractivity contribution in [3.05, 3.63) is 78.9 Å². The van der Waals surface area contributed by atoms with Gasteiger partial charge in [0.15, 0.2) is 5.82 Å². The quantitative estimate of drug-likeness (QED) is 0.452. The van der Waals surface area contributed by atoms with Crippen LogP contribution in [0.2, 0.25) is 0 Å². The summed E-state index contributed by atoms with van der Waals surface area (Å²) in [6.07, 6.45) is 0. The van der Waals surface area contributed by atoms with Crippen molar-refractivity contribution in [3.8, 4) is 11.4 Å². The molecule has 0 atom stereocenters. The van der Waals surface area contributed by atoms with Gasteiger partial charge in [-0.05, 0) is 24.3 Å². The number of carbonyl (C=O) groups excluding carboxylic acids is 1. The Bertz CT molecular complexity index is 1130. The molecule has 0 aliphatic carbocycles. The van der Waals surface area contributed by atoms with Crippen molar-refractivity contribution in [2.75, 3.05) is 10.7 Å². The molecular weight excluding hydrogens is 400 g/mol. The number of para-hydroxylation sites is 2. The zero-order valence-corrected chi connectivity index (χ0v) is 16.9. The topological polar surface area (TPSA) is 61.9 Å². The average Bonchev–Trinajstić information content (AvgIpc) is 3.25. The molecule has 29 heavy (non-hydrogen) atoms. The van der Waals surface area contributed by atoms with Gasteiger partial charge in [0, 0.05) is 15.4 Å². The van der Waals surface area contributed by atoms with Crippen molar-refractivity contribution in [2.24, 2.45) is 0 Å². The molecule has 0 spiro atoms. The van der Waals surface area contributed by atoms with E-state index in [2.05, 4.69) is 15.2 Å². The van der Waals surface area contributed by atoms with Crippen molar-refractivity contribution in [1.29, 1.82) is 0 Å². The summed E-state index contributed by atoms with van der Waals surface area (Å²) in [4.78, 5) is 21.7. The highest BCUT2D eigenvalue weighted by molar-refractivity contribution is 8.00. The number of anilines is 2. The average molecular weight is 417 g/mol. The van der Waals surface area contributed by atoms with Gasteiger partial charge in [0.25, 0.3) is 0 Å². The van der Waals surface area contributed by atoms with Gasteiger partial charge >= 0.3 is 0 Å². The summed E-state index contributed by atoms with van der Waals surface area (Å²) in [5, 5.41) is 7.76. The summed E-state index contributed by atoms with van der Waals surface area (Å²) in [5.74, 6) is 0.950. The molecule has 3 aromatic carbocycles. The van der Waals surface area contributed by atoms with E-state index >= 15 is 0 Å². The third-order valence-electron chi connectivity index (χ3n) is 4.52. The molecule has 1 amide bonds. The van der Waals surface area contributed by atoms with Gasteiger partial charge in [0.05, 0.1) is 17.1 Å². The number of fused-ring (bicyclic) bond motifs is 2. The Kier molecular flexibility index (Phi) is 4.83. The van der Waals surface area contributed by atoms with Crippen molar-refractivity contribution in [2.45, 2.75) is 14.9 Å². The summed E-state index contributed by atoms with van der Waals surface area (Å²) in [6.45, 7) is 0. The van der Waals surface area contributed by atoms with E-state index in [4.69, 9.17) is 0 Å². The number of aromatic nitrogens is 3. The van der Waals surface area contributed by atoms with E-state index in [9.17, 15) is 4.79 Å². The van der Waals surface area contributed by atoms with E-state index in [1.54, 1.807) is 16.7 Å². The van der Waals surface area contributed by atoms with Crippen LogP contribution < -0.4 is 4.90 Å². The van der Waals surface area contributed by atoms with Crippen LogP contribution in [0.1, 0.15) is 0 Å². The van der Waals surface area contributed by atoms with Gasteiger partial charge in [-0.3, -0.25) is 14.8 Å². The van der Waals surface area contributed by atoms with E-state index in [0.29, 0.717) is 11.0 Å². The minimum Gasteiger partial charge on any atom is -0.278 e. The van der Waals surface area contributed by atoms with Crippen LogP contribution in [0.3, 0.4) is 0 Å². The molecular formula is C22H16N4OS2. The first-order chi connectivity index (χ1) is 14.3. The van der Waals surface area contributed by atoms with Crippen LogP contribution in [0, 0.1) is 0 Å². The molecule has 7 heteroatoms. The lowest BCUT2D eigenvalue weighted by atomic mass is 10.2. The first kappa shape index (κ1) is 18.0. The predicted molar refractivity (Wildman–Crippen MR) is 117 cm³/mol. The molecule has 0 unspecified atom stereocenters. The zero-order chi connectivity index (χ0) is 19.6. The number of benzene rings is 3. The van der Waals surface area contributed by atoms with E-state index in [0.717, 1.165) is 26.7 Å². The summed E-state index contributed by atoms with van der Waals surface area (Å²) < 4.78 is 0. The highest BCUT2D eigenvalue weighted by Crippen LogP contribution is 2.48. The molecule has 1 aliphatic heterocycles. The third kappa shape index (κ3) is 3.54. The Morgan fingerprint density at radius 1 is 0.897 bits per heavy atom. The SMILES string of the molecule is O=C(CSc1n[nH]c(-c2ccccc2)n1)N1c2ccccc2Sc2ccccc21. The minimum absolute atomic E-state index is 0.00117. The van der Waals surface area contributed by atoms with Crippen molar-refractivity contribution >= 4 is 40.8 Å². The van der Waals surface area contributed by atoms with Gasteiger partial charge in [0.1, 0.15) is 0 Å². The van der Waals surface area contributed by atoms with Crippen molar-refractivity contribution in [3.63, 3.8) is 0 Å². The van der Waals surface area contributed by atoms with Gasteiger partial charge in [-0.25, -0.2) is 4.98 Å². The summed E-state index contributed by atoms with van der Waals surface area (Å²) >= 11 is 3.02. The first-order valence-electron chi connectivity index (χ1n) is 9.09. The van der Waals surface area contributed by atoms with E-state index in [1.165, 1.54) is 11.8 Å². The molecule has 1 N–H and O–H groups in total. The van der Waals surface area contributed by atoms with Crippen molar-refractivity contribution < 1.29 is 4.79 Å². The Morgan fingerprint density at radius 3 is 2.21 bits per heavy atom. The second kappa shape index (κ2) is 7.77. The van der Waals surface area contributed by atoms with Gasteiger partial charge in [-0.1, -0.05) is 78.1 Å². The van der Waals surface area contributed by atoms with Crippen LogP contribution in [0.15, 0.2) is 93.8 Å². The third-order valence-corrected chi connectivity index (χ3v) is 6.48. The maximum atomic E-state index is 13.2. The summed E-state index contributed by atoms with van der Waals surface area (Å²) in [7, 11) is 0. The van der Waals surface area contributed by atoms with Gasteiger partial charge < -0.3 is 0 Å². The number of nitrogens with one attached hydrogen (secondary N) is 1. The number of hydrogen-bond donors (Lipinski definition) is 1. The number of H-pyrrole nitrogens is 1. The number of rotatable bonds is 4. The number of amides is 1. The lowest BCUT2D eigenvalue weighted by Crippen LogP contribution is -2.30. The molecule has 5 rings (SSSR count). The van der Waals surface area contributed by atoms with E-state index < -0.39 is 0 Å². The minimum atomic E-state index is 0.00117. The molecule has 2 heterocycles. The van der Waals surface area contributed by atoms with Gasteiger partial charge in [-0.15, -0.1) is 5.10 Å². The van der Waals surface area contributed by atoms with Gasteiger partial charge in [-0.2, -0.15) is 0 Å². The second-order valence-corrected chi connectivity index (χ2v) is 8.41. The lowest BCUT2D eigenvalue weighted by Gasteiger charge is -2.30. The fourth-order valence-corrected chi connectivity index (χ4v) is 4.91. The van der Waals surface area contributed by atoms with E-state index in [1.807, 2.05) is 78.9 Å². The molecule has 1 aromatic heterocycles. The molecule has 4 aromatic rings. The number of hydrogen-bond acceptors (Lipinski definition) is 5. The normalized spacial score (nSPS) is 12.3. The Balaban J connectivity index is 1.37. The van der Waals surface area contributed by atoms with E-state index in [-0.39, 0.29) is 11.7 Å². The van der Waals surface area contributed by atoms with Crippen LogP contribution >= 0.6 is 23.5 Å². The Labute approximate surface area is 176 Å². The Morgan fingerprint density at radius 2 is 1.52 bits per heavy atom. The van der Waals surface area contributed by atoms with Crippen LogP contribution in [0.4, 0.5) is 11.4 Å². The van der Waals surface area contributed by atoms with Crippen LogP contribution in [-0.2, 0) is 4.79 Å². The maximum Gasteiger partial charge on any atom is 0.242 e. The maximum absolute atomic E-state index is 13.2. The lowest BCUT2D eigenvalue weighted by molar-refractivity contribution is -0.115.